The van der Waals surface area contributed by atoms with Crippen LogP contribution in [0, 0.1) is 0 Å². The summed E-state index contributed by atoms with van der Waals surface area (Å²) < 4.78 is 2.20. The molecule has 0 saturated carbocycles. The molecule has 0 aliphatic carbocycles. The molecule has 0 unspecified atom stereocenters. The van der Waals surface area contributed by atoms with Crippen LogP contribution in [0.1, 0.15) is 11.1 Å². The summed E-state index contributed by atoms with van der Waals surface area (Å²) in [4.78, 5) is 0. The number of nitrogens with one attached hydrogen (secondary N) is 1. The van der Waals surface area contributed by atoms with E-state index in [1.54, 1.807) is 0 Å². The fourth-order valence-corrected chi connectivity index (χ4v) is 2.66. The van der Waals surface area contributed by atoms with E-state index in [0.29, 0.717) is 0 Å². The van der Waals surface area contributed by atoms with Crippen LogP contribution < -0.4 is 5.32 Å². The van der Waals surface area contributed by atoms with E-state index in [1.807, 2.05) is 36.4 Å². The molecule has 0 heterocycles. The van der Waals surface area contributed by atoms with Gasteiger partial charge in [0.1, 0.15) is 0 Å². The SMILES string of the molecule is Clc1ccc(Br)c(CNCc2ccccc2Br)c1. The van der Waals surface area contributed by atoms with Crippen LogP contribution in [0.5, 0.6) is 0 Å². The maximum atomic E-state index is 5.98. The van der Waals surface area contributed by atoms with Crippen molar-refractivity contribution in [2.45, 2.75) is 13.1 Å². The molecule has 2 aromatic rings. The molecule has 94 valence electrons. The van der Waals surface area contributed by atoms with Crippen LogP contribution in [-0.4, -0.2) is 0 Å². The smallest absolute Gasteiger partial charge is 0.0410 e. The third kappa shape index (κ3) is 3.82. The van der Waals surface area contributed by atoms with Crippen molar-refractivity contribution in [3.05, 3.63) is 67.6 Å². The molecule has 2 aromatic carbocycles. The molecule has 0 aromatic heterocycles. The van der Waals surface area contributed by atoms with Crippen molar-refractivity contribution < 1.29 is 0 Å². The van der Waals surface area contributed by atoms with E-state index < -0.39 is 0 Å². The number of benzene rings is 2. The Morgan fingerprint density at radius 2 is 1.56 bits per heavy atom. The maximum absolute atomic E-state index is 5.98. The van der Waals surface area contributed by atoms with E-state index in [1.165, 1.54) is 5.56 Å². The van der Waals surface area contributed by atoms with Crippen molar-refractivity contribution in [1.29, 1.82) is 0 Å². The van der Waals surface area contributed by atoms with Gasteiger partial charge in [0.05, 0.1) is 0 Å². The van der Waals surface area contributed by atoms with E-state index in [-0.39, 0.29) is 0 Å². The third-order valence-corrected chi connectivity index (χ3v) is 4.38. The number of hydrogen-bond donors (Lipinski definition) is 1. The highest BCUT2D eigenvalue weighted by Gasteiger charge is 2.02. The Morgan fingerprint density at radius 3 is 2.33 bits per heavy atom. The highest BCUT2D eigenvalue weighted by atomic mass is 79.9. The normalized spacial score (nSPS) is 10.6. The molecule has 18 heavy (non-hydrogen) atoms. The lowest BCUT2D eigenvalue weighted by Gasteiger charge is -2.08. The fraction of sp³-hybridized carbons (Fsp3) is 0.143. The molecule has 0 bridgehead atoms. The van der Waals surface area contributed by atoms with Gasteiger partial charge < -0.3 is 5.32 Å². The van der Waals surface area contributed by atoms with Crippen molar-refractivity contribution in [2.24, 2.45) is 0 Å². The van der Waals surface area contributed by atoms with Crippen molar-refractivity contribution in [3.8, 4) is 0 Å². The van der Waals surface area contributed by atoms with Gasteiger partial charge in [-0.1, -0.05) is 61.7 Å². The molecule has 4 heteroatoms. The second-order valence-electron chi connectivity index (χ2n) is 3.93. The molecule has 0 spiro atoms. The Bertz CT molecular complexity index is 543. The summed E-state index contributed by atoms with van der Waals surface area (Å²) in [5.74, 6) is 0. The van der Waals surface area contributed by atoms with Crippen LogP contribution in [0.25, 0.3) is 0 Å². The number of rotatable bonds is 4. The van der Waals surface area contributed by atoms with Gasteiger partial charge in [0, 0.05) is 27.1 Å². The monoisotopic (exact) mass is 387 g/mol. The van der Waals surface area contributed by atoms with Crippen LogP contribution >= 0.6 is 43.5 Å². The lowest BCUT2D eigenvalue weighted by Crippen LogP contribution is -2.13. The quantitative estimate of drug-likeness (QED) is 0.762. The second kappa shape index (κ2) is 6.71. The van der Waals surface area contributed by atoms with Crippen LogP contribution in [0.4, 0.5) is 0 Å². The van der Waals surface area contributed by atoms with Crippen LogP contribution in [0.15, 0.2) is 51.4 Å². The summed E-state index contributed by atoms with van der Waals surface area (Å²) in [5, 5.41) is 4.17. The maximum Gasteiger partial charge on any atom is 0.0410 e. The lowest BCUT2D eigenvalue weighted by molar-refractivity contribution is 0.690. The van der Waals surface area contributed by atoms with Crippen molar-refractivity contribution in [2.75, 3.05) is 0 Å². The molecular formula is C14H12Br2ClN. The first kappa shape index (κ1) is 14.1. The van der Waals surface area contributed by atoms with Gasteiger partial charge in [-0.25, -0.2) is 0 Å². The minimum Gasteiger partial charge on any atom is -0.309 e. The van der Waals surface area contributed by atoms with E-state index in [0.717, 1.165) is 32.6 Å². The van der Waals surface area contributed by atoms with Gasteiger partial charge >= 0.3 is 0 Å². The third-order valence-electron chi connectivity index (χ3n) is 2.60. The molecule has 0 amide bonds. The fourth-order valence-electron chi connectivity index (χ4n) is 1.65. The number of hydrogen-bond acceptors (Lipinski definition) is 1. The summed E-state index contributed by atoms with van der Waals surface area (Å²) in [6, 6.07) is 14.0. The van der Waals surface area contributed by atoms with E-state index in [9.17, 15) is 0 Å². The largest absolute Gasteiger partial charge is 0.309 e. The van der Waals surface area contributed by atoms with Crippen LogP contribution in [0.2, 0.25) is 5.02 Å². The van der Waals surface area contributed by atoms with Crippen molar-refractivity contribution in [1.82, 2.24) is 5.32 Å². The molecule has 0 saturated heterocycles. The topological polar surface area (TPSA) is 12.0 Å². The lowest BCUT2D eigenvalue weighted by atomic mass is 10.2. The van der Waals surface area contributed by atoms with E-state index >= 15 is 0 Å². The first-order valence-corrected chi connectivity index (χ1v) is 7.51. The molecule has 0 fully saturated rings. The highest BCUT2D eigenvalue weighted by molar-refractivity contribution is 9.10. The predicted octanol–water partition coefficient (Wildman–Crippen LogP) is 5.15. The molecule has 0 aliphatic heterocycles. The van der Waals surface area contributed by atoms with Gasteiger partial charge in [0.15, 0.2) is 0 Å². The Kier molecular flexibility index (Phi) is 5.25. The summed E-state index contributed by atoms with van der Waals surface area (Å²) in [5.41, 5.74) is 2.41. The highest BCUT2D eigenvalue weighted by Crippen LogP contribution is 2.21. The average molecular weight is 390 g/mol. The zero-order chi connectivity index (χ0) is 13.0. The average Bonchev–Trinajstić information content (AvgIpc) is 2.36. The summed E-state index contributed by atoms with van der Waals surface area (Å²) in [7, 11) is 0. The molecule has 0 atom stereocenters. The Hall–Kier alpha value is -0.350. The van der Waals surface area contributed by atoms with Gasteiger partial charge in [-0.2, -0.15) is 0 Å². The Morgan fingerprint density at radius 1 is 0.889 bits per heavy atom. The van der Waals surface area contributed by atoms with E-state index in [4.69, 9.17) is 11.6 Å². The van der Waals surface area contributed by atoms with Gasteiger partial charge in [-0.3, -0.25) is 0 Å². The van der Waals surface area contributed by atoms with E-state index in [2.05, 4.69) is 43.2 Å². The first-order chi connectivity index (χ1) is 8.66. The standard InChI is InChI=1S/C14H12Br2ClN/c15-13-4-2-1-3-10(13)8-18-9-11-7-12(17)5-6-14(11)16/h1-7,18H,8-9H2. The zero-order valence-electron chi connectivity index (χ0n) is 9.59. The molecule has 1 N–H and O–H groups in total. The van der Waals surface area contributed by atoms with Gasteiger partial charge in [0.2, 0.25) is 0 Å². The van der Waals surface area contributed by atoms with Crippen LogP contribution in [0.3, 0.4) is 0 Å². The minimum atomic E-state index is 0.760. The first-order valence-electron chi connectivity index (χ1n) is 5.55. The molecule has 0 radical (unpaired) electrons. The second-order valence-corrected chi connectivity index (χ2v) is 6.08. The predicted molar refractivity (Wildman–Crippen MR) is 83.8 cm³/mol. The molecule has 2 rings (SSSR count). The molecule has 0 aliphatic rings. The Labute approximate surface area is 129 Å². The summed E-state index contributed by atoms with van der Waals surface area (Å²) in [6.07, 6.45) is 0. The van der Waals surface area contributed by atoms with Gasteiger partial charge in [-0.15, -0.1) is 0 Å². The van der Waals surface area contributed by atoms with Gasteiger partial charge in [0.25, 0.3) is 0 Å². The van der Waals surface area contributed by atoms with Crippen molar-refractivity contribution >= 4 is 43.5 Å². The summed E-state index contributed by atoms with van der Waals surface area (Å²) >= 11 is 13.0. The number of halogens is 3. The Balaban J connectivity index is 1.96. The molecule has 1 nitrogen and oxygen atoms in total. The molecular weight excluding hydrogens is 377 g/mol. The zero-order valence-corrected chi connectivity index (χ0v) is 13.5. The van der Waals surface area contributed by atoms with Gasteiger partial charge in [-0.05, 0) is 35.4 Å². The minimum absolute atomic E-state index is 0.760. The van der Waals surface area contributed by atoms with Crippen molar-refractivity contribution in [3.63, 3.8) is 0 Å². The van der Waals surface area contributed by atoms with Crippen LogP contribution in [-0.2, 0) is 13.1 Å². The summed E-state index contributed by atoms with van der Waals surface area (Å²) in [6.45, 7) is 1.60.